The summed E-state index contributed by atoms with van der Waals surface area (Å²) in [6, 6.07) is 37.6. The van der Waals surface area contributed by atoms with Crippen LogP contribution in [0.1, 0.15) is 22.3 Å². The predicted octanol–water partition coefficient (Wildman–Crippen LogP) is 6.71. The van der Waals surface area contributed by atoms with E-state index in [2.05, 4.69) is 72.8 Å². The standard InChI is InChI=1S/C28H24O2/c1-29-25-17-13-23(14-18-25)27(21-9-5-3-6-10-21)28(22-11-7-4-8-12-22)24-15-19-26(30-2)20-16-24/h3-20H,1-2H3/b28-27-. The minimum absolute atomic E-state index is 0.844. The van der Waals surface area contributed by atoms with Gasteiger partial charge in [0.1, 0.15) is 11.5 Å². The highest BCUT2D eigenvalue weighted by atomic mass is 16.5. The van der Waals surface area contributed by atoms with Gasteiger partial charge in [-0.2, -0.15) is 0 Å². The minimum atomic E-state index is 0.844. The second-order valence-electron chi connectivity index (χ2n) is 6.94. The first kappa shape index (κ1) is 19.5. The van der Waals surface area contributed by atoms with Gasteiger partial charge in [0.2, 0.25) is 0 Å². The zero-order valence-corrected chi connectivity index (χ0v) is 17.2. The molecule has 4 aromatic rings. The van der Waals surface area contributed by atoms with Gasteiger partial charge in [0, 0.05) is 0 Å². The quantitative estimate of drug-likeness (QED) is 0.339. The topological polar surface area (TPSA) is 18.5 Å². The average molecular weight is 392 g/mol. The third-order valence-corrected chi connectivity index (χ3v) is 5.13. The average Bonchev–Trinajstić information content (AvgIpc) is 2.84. The highest BCUT2D eigenvalue weighted by Crippen LogP contribution is 2.37. The maximum atomic E-state index is 5.38. The van der Waals surface area contributed by atoms with Crippen LogP contribution in [0.25, 0.3) is 11.1 Å². The molecular formula is C28H24O2. The molecule has 0 spiro atoms. The summed E-state index contributed by atoms with van der Waals surface area (Å²) in [4.78, 5) is 0. The van der Waals surface area contributed by atoms with E-state index in [-0.39, 0.29) is 0 Å². The molecule has 0 aliphatic heterocycles. The van der Waals surface area contributed by atoms with Crippen LogP contribution in [0, 0.1) is 0 Å². The van der Waals surface area contributed by atoms with Gasteiger partial charge in [-0.25, -0.2) is 0 Å². The van der Waals surface area contributed by atoms with Gasteiger partial charge in [-0.1, -0.05) is 84.9 Å². The van der Waals surface area contributed by atoms with Crippen LogP contribution in [0.2, 0.25) is 0 Å². The third kappa shape index (κ3) is 4.13. The van der Waals surface area contributed by atoms with Crippen molar-refractivity contribution >= 4 is 11.1 Å². The van der Waals surface area contributed by atoms with E-state index in [4.69, 9.17) is 9.47 Å². The van der Waals surface area contributed by atoms with Crippen LogP contribution in [0.5, 0.6) is 11.5 Å². The highest BCUT2D eigenvalue weighted by molar-refractivity contribution is 6.04. The molecular weight excluding hydrogens is 368 g/mol. The van der Waals surface area contributed by atoms with Crippen molar-refractivity contribution in [3.05, 3.63) is 131 Å². The Hall–Kier alpha value is -3.78. The molecule has 148 valence electrons. The summed E-state index contributed by atoms with van der Waals surface area (Å²) in [5.74, 6) is 1.69. The SMILES string of the molecule is COc1ccc(/C(=C(/c2ccccc2)c2ccc(OC)cc2)c2ccccc2)cc1. The number of rotatable bonds is 6. The fraction of sp³-hybridized carbons (Fsp3) is 0.0714. The summed E-state index contributed by atoms with van der Waals surface area (Å²) in [7, 11) is 3.38. The highest BCUT2D eigenvalue weighted by Gasteiger charge is 2.16. The third-order valence-electron chi connectivity index (χ3n) is 5.13. The van der Waals surface area contributed by atoms with E-state index in [1.807, 2.05) is 36.4 Å². The Bertz CT molecular complexity index is 1020. The number of hydrogen-bond acceptors (Lipinski definition) is 2. The molecule has 0 heterocycles. The van der Waals surface area contributed by atoms with E-state index < -0.39 is 0 Å². The van der Waals surface area contributed by atoms with Gasteiger partial charge >= 0.3 is 0 Å². The first-order valence-electron chi connectivity index (χ1n) is 9.94. The predicted molar refractivity (Wildman–Crippen MR) is 124 cm³/mol. The van der Waals surface area contributed by atoms with Crippen molar-refractivity contribution < 1.29 is 9.47 Å². The monoisotopic (exact) mass is 392 g/mol. The van der Waals surface area contributed by atoms with Gasteiger partial charge in [-0.15, -0.1) is 0 Å². The summed E-state index contributed by atoms with van der Waals surface area (Å²) in [6.07, 6.45) is 0. The summed E-state index contributed by atoms with van der Waals surface area (Å²) in [5.41, 5.74) is 6.95. The maximum Gasteiger partial charge on any atom is 0.118 e. The van der Waals surface area contributed by atoms with Crippen LogP contribution in [-0.2, 0) is 0 Å². The molecule has 0 radical (unpaired) electrons. The Morgan fingerprint density at radius 3 is 1.00 bits per heavy atom. The van der Waals surface area contributed by atoms with Crippen LogP contribution in [-0.4, -0.2) is 14.2 Å². The van der Waals surface area contributed by atoms with Gasteiger partial charge in [0.15, 0.2) is 0 Å². The molecule has 0 N–H and O–H groups in total. The summed E-state index contributed by atoms with van der Waals surface area (Å²) in [5, 5.41) is 0. The van der Waals surface area contributed by atoms with E-state index in [9.17, 15) is 0 Å². The lowest BCUT2D eigenvalue weighted by atomic mass is 9.86. The van der Waals surface area contributed by atoms with E-state index in [0.717, 1.165) is 33.8 Å². The zero-order chi connectivity index (χ0) is 20.8. The number of methoxy groups -OCH3 is 2. The Balaban J connectivity index is 2.03. The smallest absolute Gasteiger partial charge is 0.118 e. The molecule has 0 fully saturated rings. The van der Waals surface area contributed by atoms with Gasteiger partial charge < -0.3 is 9.47 Å². The molecule has 30 heavy (non-hydrogen) atoms. The Labute approximate surface area is 178 Å². The molecule has 0 bridgehead atoms. The van der Waals surface area contributed by atoms with Crippen molar-refractivity contribution in [3.63, 3.8) is 0 Å². The Morgan fingerprint density at radius 2 is 0.700 bits per heavy atom. The van der Waals surface area contributed by atoms with Gasteiger partial charge in [-0.3, -0.25) is 0 Å². The molecule has 0 saturated heterocycles. The molecule has 0 aliphatic rings. The number of hydrogen-bond donors (Lipinski definition) is 0. The van der Waals surface area contributed by atoms with Crippen LogP contribution < -0.4 is 9.47 Å². The molecule has 2 heteroatoms. The molecule has 0 atom stereocenters. The van der Waals surface area contributed by atoms with Crippen molar-refractivity contribution in [2.75, 3.05) is 14.2 Å². The molecule has 4 rings (SSSR count). The number of ether oxygens (including phenoxy) is 2. The lowest BCUT2D eigenvalue weighted by Crippen LogP contribution is -1.98. The largest absolute Gasteiger partial charge is 0.497 e. The van der Waals surface area contributed by atoms with Crippen molar-refractivity contribution in [1.82, 2.24) is 0 Å². The summed E-state index contributed by atoms with van der Waals surface area (Å²) >= 11 is 0. The first-order chi connectivity index (χ1) is 14.8. The zero-order valence-electron chi connectivity index (χ0n) is 17.2. The fourth-order valence-corrected chi connectivity index (χ4v) is 3.64. The van der Waals surface area contributed by atoms with Crippen LogP contribution in [0.4, 0.5) is 0 Å². The van der Waals surface area contributed by atoms with E-state index in [0.29, 0.717) is 0 Å². The van der Waals surface area contributed by atoms with Crippen LogP contribution >= 0.6 is 0 Å². The van der Waals surface area contributed by atoms with Crippen molar-refractivity contribution in [1.29, 1.82) is 0 Å². The van der Waals surface area contributed by atoms with Gasteiger partial charge in [0.05, 0.1) is 14.2 Å². The van der Waals surface area contributed by atoms with E-state index in [1.165, 1.54) is 11.1 Å². The summed E-state index contributed by atoms with van der Waals surface area (Å²) < 4.78 is 10.8. The van der Waals surface area contributed by atoms with E-state index in [1.54, 1.807) is 14.2 Å². The van der Waals surface area contributed by atoms with Crippen LogP contribution in [0.3, 0.4) is 0 Å². The molecule has 4 aromatic carbocycles. The fourth-order valence-electron chi connectivity index (χ4n) is 3.64. The number of benzene rings is 4. The normalized spacial score (nSPS) is 11.5. The molecule has 0 amide bonds. The second kappa shape index (κ2) is 9.15. The Morgan fingerprint density at radius 1 is 0.400 bits per heavy atom. The molecule has 2 nitrogen and oxygen atoms in total. The van der Waals surface area contributed by atoms with Gasteiger partial charge in [-0.05, 0) is 57.7 Å². The molecule has 0 saturated carbocycles. The molecule has 0 aromatic heterocycles. The lowest BCUT2D eigenvalue weighted by Gasteiger charge is -2.18. The lowest BCUT2D eigenvalue weighted by molar-refractivity contribution is 0.414. The van der Waals surface area contributed by atoms with E-state index >= 15 is 0 Å². The van der Waals surface area contributed by atoms with Gasteiger partial charge in [0.25, 0.3) is 0 Å². The van der Waals surface area contributed by atoms with Crippen LogP contribution in [0.15, 0.2) is 109 Å². The van der Waals surface area contributed by atoms with Crippen molar-refractivity contribution in [3.8, 4) is 11.5 Å². The molecule has 0 unspecified atom stereocenters. The minimum Gasteiger partial charge on any atom is -0.497 e. The van der Waals surface area contributed by atoms with Crippen molar-refractivity contribution in [2.24, 2.45) is 0 Å². The molecule has 0 aliphatic carbocycles. The second-order valence-corrected chi connectivity index (χ2v) is 6.94. The maximum absolute atomic E-state index is 5.38. The Kier molecular flexibility index (Phi) is 5.95. The van der Waals surface area contributed by atoms with Crippen molar-refractivity contribution in [2.45, 2.75) is 0 Å². The first-order valence-corrected chi connectivity index (χ1v) is 9.94. The summed E-state index contributed by atoms with van der Waals surface area (Å²) in [6.45, 7) is 0.